The van der Waals surface area contributed by atoms with Gasteiger partial charge in [0.15, 0.2) is 0 Å². The van der Waals surface area contributed by atoms with Crippen molar-refractivity contribution in [1.82, 2.24) is 0 Å². The number of hydrogen-bond acceptors (Lipinski definition) is 6. The summed E-state index contributed by atoms with van der Waals surface area (Å²) < 4.78 is 0. The molecule has 6 N–H and O–H groups in total. The first-order valence-electron chi connectivity index (χ1n) is 2.09. The van der Waals surface area contributed by atoms with E-state index in [0.29, 0.717) is 0 Å². The van der Waals surface area contributed by atoms with Crippen molar-refractivity contribution in [2.45, 2.75) is 0 Å². The molecule has 10 heteroatoms. The first kappa shape index (κ1) is 23.1. The summed E-state index contributed by atoms with van der Waals surface area (Å²) in [5, 5.41) is -2.25. The van der Waals surface area contributed by atoms with Crippen molar-refractivity contribution >= 4 is 53.6 Å². The fraction of sp³-hybridized carbons (Fsp3) is 0. The first-order valence-corrected chi connectivity index (χ1v) is 3.32. The summed E-state index contributed by atoms with van der Waals surface area (Å²) in [7, 11) is 0. The molecule has 0 fully saturated rings. The van der Waals surface area contributed by atoms with Crippen LogP contribution >= 0.6 is 0 Å². The maximum Gasteiger partial charge on any atom is 3.00 e. The molecule has 0 atom stereocenters. The summed E-state index contributed by atoms with van der Waals surface area (Å²) in [6.07, 6.45) is 0. The molecule has 0 saturated heterocycles. The Kier molecular flexibility index (Phi) is 31.7. The van der Waals surface area contributed by atoms with Gasteiger partial charge in [-0.25, -0.2) is 0 Å². The maximum atomic E-state index is 9.04. The van der Waals surface area contributed by atoms with Crippen LogP contribution in [-0.4, -0.2) is 15.7 Å². The predicted molar refractivity (Wildman–Crippen MR) is 50.8 cm³/mol. The molecule has 6 nitrogen and oxygen atoms in total. The van der Waals surface area contributed by atoms with Gasteiger partial charge in [0.1, 0.15) is 0 Å². The summed E-state index contributed by atoms with van der Waals surface area (Å²) >= 11 is 11.3. The number of carbonyl (C=O) groups is 3. The number of hydrogen-bond donors (Lipinski definition) is 3. The largest absolute Gasteiger partial charge is 3.00 e. The molecule has 13 heavy (non-hydrogen) atoms. The summed E-state index contributed by atoms with van der Waals surface area (Å²) in [6, 6.07) is 0. The minimum atomic E-state index is -0.750. The molecule has 0 aromatic rings. The van der Waals surface area contributed by atoms with Crippen LogP contribution in [-0.2, 0) is 63.7 Å². The molecule has 0 heterocycles. The molecular formula is C3H6N3O3S3Sc. The molecule has 0 aromatic carbocycles. The Labute approximate surface area is 110 Å². The Bertz CT molecular complexity index is 127. The summed E-state index contributed by atoms with van der Waals surface area (Å²) in [6.45, 7) is 0. The molecular weight excluding hydrogens is 267 g/mol. The van der Waals surface area contributed by atoms with Crippen molar-refractivity contribution < 1.29 is 40.2 Å². The number of primary amides is 3. The van der Waals surface area contributed by atoms with Gasteiger partial charge in [-0.2, -0.15) is 0 Å². The molecule has 0 aliphatic heterocycles. The van der Waals surface area contributed by atoms with Gasteiger partial charge >= 0.3 is 25.8 Å². The Morgan fingerprint density at radius 2 is 0.692 bits per heavy atom. The second-order valence-corrected chi connectivity index (χ2v) is 2.16. The Hall–Kier alpha value is -0.0599. The average Bonchev–Trinajstić information content (AvgIpc) is 1.54. The van der Waals surface area contributed by atoms with Crippen molar-refractivity contribution in [3.63, 3.8) is 0 Å². The molecule has 0 bridgehead atoms. The van der Waals surface area contributed by atoms with E-state index >= 15 is 0 Å². The normalized spacial score (nSPS) is 5.54. The summed E-state index contributed by atoms with van der Waals surface area (Å²) in [4.78, 5) is 27.1. The Morgan fingerprint density at radius 1 is 0.692 bits per heavy atom. The molecule has 0 saturated carbocycles. The topological polar surface area (TPSA) is 129 Å². The third-order valence-electron chi connectivity index (χ3n) is 0. The van der Waals surface area contributed by atoms with E-state index < -0.39 is 15.7 Å². The standard InChI is InChI=1S/3CH3NOS.Sc/c3*2-1(3)4;/h3*(H3,2,3,4);/q;;;+3/p-3. The van der Waals surface area contributed by atoms with Crippen molar-refractivity contribution in [2.24, 2.45) is 17.2 Å². The van der Waals surface area contributed by atoms with Crippen LogP contribution in [0.3, 0.4) is 0 Å². The van der Waals surface area contributed by atoms with Crippen molar-refractivity contribution in [2.75, 3.05) is 0 Å². The van der Waals surface area contributed by atoms with Crippen molar-refractivity contribution in [1.29, 1.82) is 0 Å². The second-order valence-electron chi connectivity index (χ2n) is 0.957. The van der Waals surface area contributed by atoms with E-state index in [1.54, 1.807) is 0 Å². The molecule has 3 amide bonds. The molecule has 0 aliphatic rings. The van der Waals surface area contributed by atoms with E-state index in [-0.39, 0.29) is 25.8 Å². The monoisotopic (exact) mass is 273 g/mol. The zero-order valence-electron chi connectivity index (χ0n) is 6.26. The maximum absolute atomic E-state index is 9.04. The van der Waals surface area contributed by atoms with Crippen LogP contribution in [0.25, 0.3) is 0 Å². The molecule has 0 rings (SSSR count). The van der Waals surface area contributed by atoms with Gasteiger partial charge in [-0.15, -0.1) is 0 Å². The number of carbonyl (C=O) groups excluding carboxylic acids is 3. The van der Waals surface area contributed by atoms with Gasteiger partial charge in [0.2, 0.25) is 0 Å². The van der Waals surface area contributed by atoms with Crippen LogP contribution in [0.1, 0.15) is 0 Å². The van der Waals surface area contributed by atoms with Gasteiger partial charge in [-0.3, -0.25) is 0 Å². The van der Waals surface area contributed by atoms with E-state index in [1.807, 2.05) is 0 Å². The molecule has 0 aliphatic carbocycles. The fourth-order valence-corrected chi connectivity index (χ4v) is 0. The predicted octanol–water partition coefficient (Wildman–Crippen LogP) is -1.17. The van der Waals surface area contributed by atoms with Crippen LogP contribution in [0.4, 0.5) is 14.4 Å². The van der Waals surface area contributed by atoms with Crippen LogP contribution in [0.15, 0.2) is 0 Å². The van der Waals surface area contributed by atoms with Crippen LogP contribution < -0.4 is 17.2 Å². The Morgan fingerprint density at radius 3 is 0.692 bits per heavy atom. The number of rotatable bonds is 0. The summed E-state index contributed by atoms with van der Waals surface area (Å²) in [5.74, 6) is 0. The van der Waals surface area contributed by atoms with E-state index in [1.165, 1.54) is 0 Å². The molecule has 0 aromatic heterocycles. The van der Waals surface area contributed by atoms with E-state index in [2.05, 4.69) is 55.1 Å². The van der Waals surface area contributed by atoms with Crippen LogP contribution in [0, 0.1) is 0 Å². The minimum absolute atomic E-state index is 0. The quantitative estimate of drug-likeness (QED) is 0.477. The molecule has 0 unspecified atom stereocenters. The van der Waals surface area contributed by atoms with Crippen LogP contribution in [0.2, 0.25) is 0 Å². The second kappa shape index (κ2) is 17.9. The van der Waals surface area contributed by atoms with E-state index in [4.69, 9.17) is 14.4 Å². The van der Waals surface area contributed by atoms with Crippen LogP contribution in [0.5, 0.6) is 0 Å². The SMILES string of the molecule is NC(=O)[S-].NC(=O)[S-].NC(=O)[S-].[Sc+3]. The first-order chi connectivity index (χ1) is 5.20. The zero-order valence-corrected chi connectivity index (χ0v) is 10.5. The average molecular weight is 273 g/mol. The van der Waals surface area contributed by atoms with Gasteiger partial charge in [-0.05, 0) is 0 Å². The van der Waals surface area contributed by atoms with E-state index in [0.717, 1.165) is 0 Å². The summed E-state index contributed by atoms with van der Waals surface area (Å²) in [5.41, 5.74) is 12.9. The third kappa shape index (κ3) is 329000. The van der Waals surface area contributed by atoms with Crippen molar-refractivity contribution in [3.8, 4) is 0 Å². The number of nitrogens with two attached hydrogens (primary N) is 3. The minimum Gasteiger partial charge on any atom is -0.719 e. The smallest absolute Gasteiger partial charge is 0.719 e. The molecule has 0 spiro atoms. The van der Waals surface area contributed by atoms with Gasteiger partial charge < -0.3 is 69.5 Å². The zero-order chi connectivity index (χ0) is 10.7. The van der Waals surface area contributed by atoms with Crippen molar-refractivity contribution in [3.05, 3.63) is 0 Å². The Balaban J connectivity index is -0.0000000450. The fourth-order valence-electron chi connectivity index (χ4n) is 0. The van der Waals surface area contributed by atoms with Gasteiger partial charge in [-0.1, -0.05) is 0 Å². The molecule has 72 valence electrons. The number of amides is 3. The van der Waals surface area contributed by atoms with Gasteiger partial charge in [0.25, 0.3) is 0 Å². The third-order valence-corrected chi connectivity index (χ3v) is 0. The van der Waals surface area contributed by atoms with Gasteiger partial charge in [0, 0.05) is 0 Å². The van der Waals surface area contributed by atoms with Gasteiger partial charge in [0.05, 0.1) is 15.7 Å². The van der Waals surface area contributed by atoms with E-state index in [9.17, 15) is 0 Å². The molecule has 0 radical (unpaired) electrons.